The molecule has 22 heavy (non-hydrogen) atoms. The molecule has 2 aromatic carbocycles. The van der Waals surface area contributed by atoms with Gasteiger partial charge >= 0.3 is 0 Å². The molecule has 0 atom stereocenters. The molecule has 0 heterocycles. The van der Waals surface area contributed by atoms with Crippen molar-refractivity contribution in [1.29, 1.82) is 5.26 Å². The Morgan fingerprint density at radius 1 is 1.27 bits per heavy atom. The maximum atomic E-state index is 8.98. The second-order valence-corrected chi connectivity index (χ2v) is 5.88. The predicted molar refractivity (Wildman–Crippen MR) is 95.3 cm³/mol. The van der Waals surface area contributed by atoms with E-state index in [0.29, 0.717) is 6.61 Å². The van der Waals surface area contributed by atoms with Crippen LogP contribution in [0.15, 0.2) is 58.6 Å². The van der Waals surface area contributed by atoms with Crippen LogP contribution in [0.4, 0.5) is 0 Å². The van der Waals surface area contributed by atoms with E-state index in [-0.39, 0.29) is 10.6 Å². The van der Waals surface area contributed by atoms with Gasteiger partial charge in [0.1, 0.15) is 23.4 Å². The van der Waals surface area contributed by atoms with Crippen LogP contribution in [0.2, 0.25) is 0 Å². The molecular formula is C17H13BrN2OS. The maximum Gasteiger partial charge on any atom is 0.120 e. The van der Waals surface area contributed by atoms with Gasteiger partial charge in [-0.1, -0.05) is 52.4 Å². The van der Waals surface area contributed by atoms with E-state index >= 15 is 0 Å². The quantitative estimate of drug-likeness (QED) is 0.484. The van der Waals surface area contributed by atoms with Gasteiger partial charge in [0.2, 0.25) is 0 Å². The van der Waals surface area contributed by atoms with E-state index < -0.39 is 0 Å². The van der Waals surface area contributed by atoms with Crippen LogP contribution in [0.3, 0.4) is 0 Å². The molecule has 0 radical (unpaired) electrons. The fraction of sp³-hybridized carbons (Fsp3) is 0.0588. The Hall–Kier alpha value is -2.16. The highest BCUT2D eigenvalue weighted by molar-refractivity contribution is 9.10. The van der Waals surface area contributed by atoms with E-state index in [9.17, 15) is 0 Å². The predicted octanol–water partition coefficient (Wildman–Crippen LogP) is 4.22. The maximum absolute atomic E-state index is 8.98. The van der Waals surface area contributed by atoms with E-state index in [4.69, 9.17) is 28.0 Å². The van der Waals surface area contributed by atoms with Crippen molar-refractivity contribution in [1.82, 2.24) is 0 Å². The largest absolute Gasteiger partial charge is 0.489 e. The summed E-state index contributed by atoms with van der Waals surface area (Å²) in [5.74, 6) is 0.719. The number of benzene rings is 2. The Bertz CT molecular complexity index is 748. The lowest BCUT2D eigenvalue weighted by atomic mass is 10.1. The number of nitrogens with zero attached hydrogens (tertiary/aromatic N) is 1. The zero-order valence-electron chi connectivity index (χ0n) is 11.6. The van der Waals surface area contributed by atoms with Gasteiger partial charge in [-0.15, -0.1) is 0 Å². The molecule has 2 aromatic rings. The third-order valence-corrected chi connectivity index (χ3v) is 3.62. The lowest BCUT2D eigenvalue weighted by Crippen LogP contribution is -2.09. The third kappa shape index (κ3) is 4.69. The van der Waals surface area contributed by atoms with Crippen molar-refractivity contribution in [2.75, 3.05) is 0 Å². The van der Waals surface area contributed by atoms with Gasteiger partial charge in [-0.3, -0.25) is 0 Å². The van der Waals surface area contributed by atoms with Gasteiger partial charge in [-0.2, -0.15) is 5.26 Å². The van der Waals surface area contributed by atoms with Gasteiger partial charge in [0.25, 0.3) is 0 Å². The molecule has 0 aliphatic heterocycles. The van der Waals surface area contributed by atoms with Crippen molar-refractivity contribution < 1.29 is 4.74 Å². The van der Waals surface area contributed by atoms with Gasteiger partial charge in [0.05, 0.1) is 5.57 Å². The number of ether oxygens (including phenoxy) is 1. The Morgan fingerprint density at radius 2 is 2.00 bits per heavy atom. The van der Waals surface area contributed by atoms with E-state index in [1.807, 2.05) is 54.6 Å². The summed E-state index contributed by atoms with van der Waals surface area (Å²) < 4.78 is 6.79. The van der Waals surface area contributed by atoms with E-state index in [1.165, 1.54) is 0 Å². The molecule has 5 heteroatoms. The van der Waals surface area contributed by atoms with Gasteiger partial charge < -0.3 is 10.5 Å². The summed E-state index contributed by atoms with van der Waals surface area (Å²) in [7, 11) is 0. The van der Waals surface area contributed by atoms with Crippen LogP contribution in [0, 0.1) is 11.3 Å². The summed E-state index contributed by atoms with van der Waals surface area (Å²) in [6, 6.07) is 17.3. The van der Waals surface area contributed by atoms with Crippen LogP contribution in [0.25, 0.3) is 6.08 Å². The number of hydrogen-bond donors (Lipinski definition) is 1. The van der Waals surface area contributed by atoms with Gasteiger partial charge in [0.15, 0.2) is 0 Å². The van der Waals surface area contributed by atoms with E-state index in [2.05, 4.69) is 15.9 Å². The average molecular weight is 373 g/mol. The minimum Gasteiger partial charge on any atom is -0.489 e. The second-order valence-electron chi connectivity index (χ2n) is 4.52. The highest BCUT2D eigenvalue weighted by Gasteiger charge is 2.01. The first-order valence-electron chi connectivity index (χ1n) is 6.47. The molecule has 3 nitrogen and oxygen atoms in total. The molecule has 0 unspecified atom stereocenters. The van der Waals surface area contributed by atoms with Crippen LogP contribution >= 0.6 is 28.1 Å². The average Bonchev–Trinajstić information content (AvgIpc) is 2.52. The number of nitriles is 1. The van der Waals surface area contributed by atoms with Crippen LogP contribution < -0.4 is 10.5 Å². The summed E-state index contributed by atoms with van der Waals surface area (Å²) in [5.41, 5.74) is 7.65. The zero-order valence-corrected chi connectivity index (χ0v) is 14.0. The van der Waals surface area contributed by atoms with E-state index in [1.54, 1.807) is 6.08 Å². The molecule has 0 aromatic heterocycles. The Morgan fingerprint density at radius 3 is 2.64 bits per heavy atom. The molecule has 0 aliphatic carbocycles. The minimum atomic E-state index is 0.0867. The smallest absolute Gasteiger partial charge is 0.120 e. The fourth-order valence-electron chi connectivity index (χ4n) is 1.77. The fourth-order valence-corrected chi connectivity index (χ4v) is 2.14. The molecule has 0 fully saturated rings. The Kier molecular flexibility index (Phi) is 5.70. The third-order valence-electron chi connectivity index (χ3n) is 2.87. The number of halogens is 1. The molecule has 2 rings (SSSR count). The van der Waals surface area contributed by atoms with Crippen LogP contribution in [0.1, 0.15) is 11.1 Å². The number of rotatable bonds is 5. The SMILES string of the molecule is N#C/C(=C/c1cccc(OCc2ccc(Br)cc2)c1)C(N)=S. The summed E-state index contributed by atoms with van der Waals surface area (Å²) in [6.45, 7) is 0.473. The van der Waals surface area contributed by atoms with Crippen LogP contribution in [-0.4, -0.2) is 4.99 Å². The molecule has 0 amide bonds. The molecule has 110 valence electrons. The topological polar surface area (TPSA) is 59.0 Å². The van der Waals surface area contributed by atoms with Crippen molar-refractivity contribution in [3.63, 3.8) is 0 Å². The van der Waals surface area contributed by atoms with Crippen molar-refractivity contribution >= 4 is 39.2 Å². The van der Waals surface area contributed by atoms with Crippen molar-refractivity contribution in [2.24, 2.45) is 5.73 Å². The van der Waals surface area contributed by atoms with Crippen molar-refractivity contribution in [2.45, 2.75) is 6.61 Å². The number of nitrogens with two attached hydrogens (primary N) is 1. The Labute approximate surface area is 143 Å². The summed E-state index contributed by atoms with van der Waals surface area (Å²) >= 11 is 8.22. The monoisotopic (exact) mass is 372 g/mol. The highest BCUT2D eigenvalue weighted by atomic mass is 79.9. The number of thiocarbonyl (C=S) groups is 1. The standard InChI is InChI=1S/C17H13BrN2OS/c18-15-6-4-12(5-7-15)11-21-16-3-1-2-13(9-16)8-14(10-19)17(20)22/h1-9H,11H2,(H2,20,22)/b14-8-. The molecule has 0 saturated heterocycles. The summed E-state index contributed by atoms with van der Waals surface area (Å²) in [5, 5.41) is 8.98. The molecular weight excluding hydrogens is 360 g/mol. The first-order valence-corrected chi connectivity index (χ1v) is 7.67. The molecule has 0 aliphatic rings. The number of hydrogen-bond acceptors (Lipinski definition) is 3. The zero-order chi connectivity index (χ0) is 15.9. The molecule has 2 N–H and O–H groups in total. The van der Waals surface area contributed by atoms with Gasteiger partial charge in [-0.05, 0) is 41.5 Å². The molecule has 0 bridgehead atoms. The van der Waals surface area contributed by atoms with Crippen LogP contribution in [-0.2, 0) is 6.61 Å². The summed E-state index contributed by atoms with van der Waals surface area (Å²) in [6.07, 6.45) is 1.65. The van der Waals surface area contributed by atoms with Crippen LogP contribution in [0.5, 0.6) is 5.75 Å². The highest BCUT2D eigenvalue weighted by Crippen LogP contribution is 2.18. The van der Waals surface area contributed by atoms with Gasteiger partial charge in [0, 0.05) is 4.47 Å². The molecule has 0 spiro atoms. The van der Waals surface area contributed by atoms with Crippen molar-refractivity contribution in [3.05, 3.63) is 69.7 Å². The second kappa shape index (κ2) is 7.74. The first-order chi connectivity index (χ1) is 10.6. The lowest BCUT2D eigenvalue weighted by Gasteiger charge is -2.07. The normalized spacial score (nSPS) is 10.8. The van der Waals surface area contributed by atoms with Gasteiger partial charge in [-0.25, -0.2) is 0 Å². The lowest BCUT2D eigenvalue weighted by molar-refractivity contribution is 0.306. The first kappa shape index (κ1) is 16.2. The molecule has 0 saturated carbocycles. The Balaban J connectivity index is 2.10. The minimum absolute atomic E-state index is 0.0867. The summed E-state index contributed by atoms with van der Waals surface area (Å²) in [4.78, 5) is 0.0867. The van der Waals surface area contributed by atoms with E-state index in [0.717, 1.165) is 21.3 Å². The van der Waals surface area contributed by atoms with Crippen molar-refractivity contribution in [3.8, 4) is 11.8 Å².